The molecule has 0 aliphatic rings. The van der Waals surface area contributed by atoms with Gasteiger partial charge in [0.1, 0.15) is 6.07 Å². The van der Waals surface area contributed by atoms with Crippen molar-refractivity contribution in [3.63, 3.8) is 0 Å². The van der Waals surface area contributed by atoms with Gasteiger partial charge < -0.3 is 5.32 Å². The van der Waals surface area contributed by atoms with Crippen molar-refractivity contribution in [2.45, 2.75) is 53.0 Å². The van der Waals surface area contributed by atoms with Gasteiger partial charge >= 0.3 is 0 Å². The molecule has 0 aliphatic heterocycles. The molecule has 0 saturated heterocycles. The fraction of sp³-hybridized carbons (Fsp3) is 0.562. The highest BCUT2D eigenvalue weighted by molar-refractivity contribution is 5.62. The summed E-state index contributed by atoms with van der Waals surface area (Å²) < 4.78 is 0. The molecule has 0 heterocycles. The van der Waals surface area contributed by atoms with Crippen LogP contribution in [0.3, 0.4) is 0 Å². The first-order valence-electron chi connectivity index (χ1n) is 6.80. The topological polar surface area (TPSA) is 35.8 Å². The fourth-order valence-corrected chi connectivity index (χ4v) is 2.10. The van der Waals surface area contributed by atoms with Crippen LogP contribution < -0.4 is 5.32 Å². The van der Waals surface area contributed by atoms with Gasteiger partial charge in [-0.15, -0.1) is 0 Å². The van der Waals surface area contributed by atoms with Crippen LogP contribution in [0.4, 0.5) is 5.69 Å². The molecule has 1 aromatic rings. The van der Waals surface area contributed by atoms with Crippen molar-refractivity contribution in [1.29, 1.82) is 5.26 Å². The van der Waals surface area contributed by atoms with E-state index in [9.17, 15) is 0 Å². The van der Waals surface area contributed by atoms with Crippen LogP contribution in [-0.2, 0) is 0 Å². The normalized spacial score (nSPS) is 12.2. The number of benzene rings is 1. The highest BCUT2D eigenvalue weighted by Crippen LogP contribution is 2.21. The molecule has 1 unspecified atom stereocenters. The maximum Gasteiger partial charge on any atom is 0.101 e. The molecule has 0 bridgehead atoms. The van der Waals surface area contributed by atoms with Gasteiger partial charge in [0.2, 0.25) is 0 Å². The molecule has 0 radical (unpaired) electrons. The van der Waals surface area contributed by atoms with E-state index in [1.165, 1.54) is 12.8 Å². The first-order chi connectivity index (χ1) is 8.54. The van der Waals surface area contributed by atoms with Crippen molar-refractivity contribution >= 4 is 5.69 Å². The molecular weight excluding hydrogens is 220 g/mol. The number of anilines is 1. The molecule has 1 aromatic carbocycles. The largest absolute Gasteiger partial charge is 0.381 e. The number of hydrogen-bond donors (Lipinski definition) is 1. The van der Waals surface area contributed by atoms with E-state index in [1.54, 1.807) is 0 Å². The first kappa shape index (κ1) is 14.6. The van der Waals surface area contributed by atoms with E-state index in [2.05, 4.69) is 32.2 Å². The van der Waals surface area contributed by atoms with E-state index < -0.39 is 0 Å². The molecule has 0 aromatic heterocycles. The molecule has 1 N–H and O–H groups in total. The number of aryl methyl sites for hydroxylation is 1. The SMILES string of the molecule is Cc1cccc(C#N)c1NC(C)CCCC(C)C. The van der Waals surface area contributed by atoms with Gasteiger partial charge in [-0.25, -0.2) is 0 Å². The summed E-state index contributed by atoms with van der Waals surface area (Å²) in [4.78, 5) is 0. The zero-order valence-corrected chi connectivity index (χ0v) is 12.0. The van der Waals surface area contributed by atoms with Gasteiger partial charge in [-0.05, 0) is 37.8 Å². The molecule has 0 spiro atoms. The van der Waals surface area contributed by atoms with Crippen molar-refractivity contribution in [1.82, 2.24) is 0 Å². The number of nitriles is 1. The maximum atomic E-state index is 9.11. The van der Waals surface area contributed by atoms with Crippen LogP contribution in [0, 0.1) is 24.2 Å². The Bertz CT molecular complexity index is 416. The van der Waals surface area contributed by atoms with Crippen molar-refractivity contribution < 1.29 is 0 Å². The van der Waals surface area contributed by atoms with Gasteiger partial charge in [0.05, 0.1) is 11.3 Å². The Hall–Kier alpha value is -1.49. The van der Waals surface area contributed by atoms with E-state index in [4.69, 9.17) is 5.26 Å². The van der Waals surface area contributed by atoms with E-state index in [-0.39, 0.29) is 0 Å². The second-order valence-corrected chi connectivity index (χ2v) is 5.48. The van der Waals surface area contributed by atoms with Crippen LogP contribution >= 0.6 is 0 Å². The van der Waals surface area contributed by atoms with Gasteiger partial charge in [0.25, 0.3) is 0 Å². The lowest BCUT2D eigenvalue weighted by molar-refractivity contribution is 0.520. The lowest BCUT2D eigenvalue weighted by Gasteiger charge is -2.18. The predicted molar refractivity (Wildman–Crippen MR) is 77.7 cm³/mol. The van der Waals surface area contributed by atoms with Crippen LogP contribution in [0.15, 0.2) is 18.2 Å². The minimum Gasteiger partial charge on any atom is -0.381 e. The van der Waals surface area contributed by atoms with Gasteiger partial charge in [-0.1, -0.05) is 38.8 Å². The van der Waals surface area contributed by atoms with Gasteiger partial charge in [0.15, 0.2) is 0 Å². The summed E-state index contributed by atoms with van der Waals surface area (Å²) in [5.74, 6) is 0.769. The lowest BCUT2D eigenvalue weighted by atomic mass is 10.0. The molecule has 18 heavy (non-hydrogen) atoms. The quantitative estimate of drug-likeness (QED) is 0.800. The number of hydrogen-bond acceptors (Lipinski definition) is 2. The molecule has 0 amide bonds. The van der Waals surface area contributed by atoms with Crippen LogP contribution in [0.2, 0.25) is 0 Å². The van der Waals surface area contributed by atoms with E-state index in [1.807, 2.05) is 25.1 Å². The zero-order chi connectivity index (χ0) is 13.5. The summed E-state index contributed by atoms with van der Waals surface area (Å²) in [5.41, 5.74) is 2.88. The molecule has 2 heteroatoms. The fourth-order valence-electron chi connectivity index (χ4n) is 2.10. The summed E-state index contributed by atoms with van der Waals surface area (Å²) in [6.45, 7) is 8.75. The monoisotopic (exact) mass is 244 g/mol. The molecule has 1 rings (SSSR count). The van der Waals surface area contributed by atoms with Gasteiger partial charge in [-0.3, -0.25) is 0 Å². The Morgan fingerprint density at radius 2 is 1.94 bits per heavy atom. The maximum absolute atomic E-state index is 9.11. The summed E-state index contributed by atoms with van der Waals surface area (Å²) in [7, 11) is 0. The highest BCUT2D eigenvalue weighted by Gasteiger charge is 2.08. The third-order valence-electron chi connectivity index (χ3n) is 3.20. The minimum atomic E-state index is 0.414. The molecule has 2 nitrogen and oxygen atoms in total. The number of nitrogens with zero attached hydrogens (tertiary/aromatic N) is 1. The summed E-state index contributed by atoms with van der Waals surface area (Å²) in [6, 6.07) is 8.52. The van der Waals surface area contributed by atoms with E-state index in [0.29, 0.717) is 6.04 Å². The molecule has 0 aliphatic carbocycles. The Morgan fingerprint density at radius 3 is 2.56 bits per heavy atom. The smallest absolute Gasteiger partial charge is 0.101 e. The Labute approximate surface area is 111 Å². The first-order valence-corrected chi connectivity index (χ1v) is 6.80. The molecule has 1 atom stereocenters. The highest BCUT2D eigenvalue weighted by atomic mass is 14.9. The van der Waals surface area contributed by atoms with Crippen molar-refractivity contribution in [3.8, 4) is 6.07 Å². The number of rotatable bonds is 6. The predicted octanol–water partition coefficient (Wildman–Crippen LogP) is 4.49. The molecular formula is C16H24N2. The summed E-state index contributed by atoms with van der Waals surface area (Å²) >= 11 is 0. The van der Waals surface area contributed by atoms with Crippen LogP contribution in [0.25, 0.3) is 0 Å². The van der Waals surface area contributed by atoms with Crippen LogP contribution in [0.1, 0.15) is 51.2 Å². The Morgan fingerprint density at radius 1 is 1.22 bits per heavy atom. The lowest BCUT2D eigenvalue weighted by Crippen LogP contribution is -2.16. The summed E-state index contributed by atoms with van der Waals surface area (Å²) in [5, 5.41) is 12.6. The van der Waals surface area contributed by atoms with E-state index in [0.717, 1.165) is 29.2 Å². The molecule has 0 fully saturated rings. The third kappa shape index (κ3) is 4.41. The van der Waals surface area contributed by atoms with Crippen LogP contribution in [-0.4, -0.2) is 6.04 Å². The average Bonchev–Trinajstić information content (AvgIpc) is 2.31. The number of nitrogens with one attached hydrogen (secondary N) is 1. The number of para-hydroxylation sites is 1. The summed E-state index contributed by atoms with van der Waals surface area (Å²) in [6.07, 6.45) is 3.65. The van der Waals surface area contributed by atoms with Gasteiger partial charge in [-0.2, -0.15) is 5.26 Å². The van der Waals surface area contributed by atoms with Crippen molar-refractivity contribution in [2.24, 2.45) is 5.92 Å². The standard InChI is InChI=1S/C16H24N2/c1-12(2)7-5-9-14(4)18-16-13(3)8-6-10-15(16)11-17/h6,8,10,12,14,18H,5,7,9H2,1-4H3. The zero-order valence-electron chi connectivity index (χ0n) is 12.0. The van der Waals surface area contributed by atoms with Crippen LogP contribution in [0.5, 0.6) is 0 Å². The third-order valence-corrected chi connectivity index (χ3v) is 3.20. The van der Waals surface area contributed by atoms with Gasteiger partial charge in [0, 0.05) is 6.04 Å². The van der Waals surface area contributed by atoms with Crippen molar-refractivity contribution in [2.75, 3.05) is 5.32 Å². The second-order valence-electron chi connectivity index (χ2n) is 5.48. The molecule has 0 saturated carbocycles. The van der Waals surface area contributed by atoms with Crippen molar-refractivity contribution in [3.05, 3.63) is 29.3 Å². The minimum absolute atomic E-state index is 0.414. The average molecular weight is 244 g/mol. The Kier molecular flexibility index (Phi) is 5.71. The Balaban J connectivity index is 2.59. The second kappa shape index (κ2) is 7.06. The van der Waals surface area contributed by atoms with E-state index >= 15 is 0 Å². The molecule has 98 valence electrons.